The maximum absolute atomic E-state index is 12.7. The minimum Gasteiger partial charge on any atom is -0.352 e. The SMILES string of the molecule is Cc1ccc(NS(=O)(=O)c2cccc(C(=O)NCCCc3cccc(C)c3)c2)cc1. The van der Waals surface area contributed by atoms with Gasteiger partial charge >= 0.3 is 0 Å². The van der Waals surface area contributed by atoms with Gasteiger partial charge in [0, 0.05) is 17.8 Å². The number of aryl methyl sites for hydroxylation is 3. The van der Waals surface area contributed by atoms with Crippen LogP contribution in [0.4, 0.5) is 5.69 Å². The van der Waals surface area contributed by atoms with E-state index in [1.807, 2.05) is 25.1 Å². The lowest BCUT2D eigenvalue weighted by molar-refractivity contribution is 0.0953. The smallest absolute Gasteiger partial charge is 0.261 e. The van der Waals surface area contributed by atoms with Crippen LogP contribution in [-0.2, 0) is 16.4 Å². The average Bonchev–Trinajstić information content (AvgIpc) is 2.73. The Morgan fingerprint density at radius 1 is 0.867 bits per heavy atom. The Hall–Kier alpha value is -3.12. The van der Waals surface area contributed by atoms with Crippen LogP contribution >= 0.6 is 0 Å². The van der Waals surface area contributed by atoms with E-state index in [0.717, 1.165) is 18.4 Å². The van der Waals surface area contributed by atoms with Crippen LogP contribution in [0.25, 0.3) is 0 Å². The molecule has 0 atom stereocenters. The molecular formula is C24H26N2O3S. The third-order valence-electron chi connectivity index (χ3n) is 4.72. The van der Waals surface area contributed by atoms with Gasteiger partial charge in [0.2, 0.25) is 0 Å². The number of sulfonamides is 1. The van der Waals surface area contributed by atoms with Crippen molar-refractivity contribution >= 4 is 21.6 Å². The summed E-state index contributed by atoms with van der Waals surface area (Å²) < 4.78 is 27.9. The zero-order chi connectivity index (χ0) is 21.6. The first-order valence-electron chi connectivity index (χ1n) is 9.87. The van der Waals surface area contributed by atoms with E-state index in [2.05, 4.69) is 35.2 Å². The fourth-order valence-electron chi connectivity index (χ4n) is 3.10. The number of amides is 1. The van der Waals surface area contributed by atoms with Crippen LogP contribution in [0.2, 0.25) is 0 Å². The number of nitrogens with one attached hydrogen (secondary N) is 2. The number of carbonyl (C=O) groups excluding carboxylic acids is 1. The predicted octanol–water partition coefficient (Wildman–Crippen LogP) is 4.47. The molecule has 0 saturated carbocycles. The van der Waals surface area contributed by atoms with E-state index in [1.54, 1.807) is 24.3 Å². The van der Waals surface area contributed by atoms with E-state index in [0.29, 0.717) is 17.8 Å². The van der Waals surface area contributed by atoms with Gasteiger partial charge in [-0.05, 0) is 62.6 Å². The van der Waals surface area contributed by atoms with Crippen LogP contribution < -0.4 is 10.0 Å². The number of anilines is 1. The molecule has 2 N–H and O–H groups in total. The summed E-state index contributed by atoms with van der Waals surface area (Å²) in [6.45, 7) is 4.51. The van der Waals surface area contributed by atoms with E-state index in [4.69, 9.17) is 0 Å². The van der Waals surface area contributed by atoms with Crippen LogP contribution in [-0.4, -0.2) is 20.9 Å². The average molecular weight is 423 g/mol. The van der Waals surface area contributed by atoms with Gasteiger partial charge in [-0.25, -0.2) is 8.42 Å². The van der Waals surface area contributed by atoms with Crippen LogP contribution in [0.5, 0.6) is 0 Å². The fourth-order valence-corrected chi connectivity index (χ4v) is 4.21. The van der Waals surface area contributed by atoms with Gasteiger partial charge in [0.1, 0.15) is 0 Å². The highest BCUT2D eigenvalue weighted by atomic mass is 32.2. The lowest BCUT2D eigenvalue weighted by Crippen LogP contribution is -2.25. The molecule has 5 nitrogen and oxygen atoms in total. The Morgan fingerprint density at radius 2 is 1.60 bits per heavy atom. The molecule has 0 saturated heterocycles. The zero-order valence-electron chi connectivity index (χ0n) is 17.2. The van der Waals surface area contributed by atoms with E-state index in [-0.39, 0.29) is 10.8 Å². The first kappa shape index (κ1) is 21.6. The first-order valence-corrected chi connectivity index (χ1v) is 11.4. The fraction of sp³-hybridized carbons (Fsp3) is 0.208. The van der Waals surface area contributed by atoms with Crippen molar-refractivity contribution in [3.63, 3.8) is 0 Å². The largest absolute Gasteiger partial charge is 0.352 e. The molecule has 0 spiro atoms. The summed E-state index contributed by atoms with van der Waals surface area (Å²) in [5.41, 5.74) is 4.29. The van der Waals surface area contributed by atoms with Crippen molar-refractivity contribution in [3.05, 3.63) is 95.1 Å². The van der Waals surface area contributed by atoms with E-state index >= 15 is 0 Å². The minimum absolute atomic E-state index is 0.0514. The molecule has 1 amide bonds. The van der Waals surface area contributed by atoms with Gasteiger partial charge in [0.15, 0.2) is 0 Å². The van der Waals surface area contributed by atoms with E-state index < -0.39 is 10.0 Å². The van der Waals surface area contributed by atoms with Gasteiger partial charge in [0.05, 0.1) is 4.90 Å². The Kier molecular flexibility index (Phi) is 6.90. The Morgan fingerprint density at radius 3 is 2.33 bits per heavy atom. The summed E-state index contributed by atoms with van der Waals surface area (Å²) in [6, 6.07) is 21.4. The molecule has 156 valence electrons. The van der Waals surface area contributed by atoms with Gasteiger partial charge in [-0.3, -0.25) is 9.52 Å². The molecule has 0 bridgehead atoms. The molecular weight excluding hydrogens is 396 g/mol. The summed E-state index contributed by atoms with van der Waals surface area (Å²) in [7, 11) is -3.78. The van der Waals surface area contributed by atoms with Gasteiger partial charge in [-0.2, -0.15) is 0 Å². The molecule has 3 aromatic carbocycles. The molecule has 0 heterocycles. The molecule has 30 heavy (non-hydrogen) atoms. The minimum atomic E-state index is -3.78. The van der Waals surface area contributed by atoms with Crippen LogP contribution in [0, 0.1) is 13.8 Å². The predicted molar refractivity (Wildman–Crippen MR) is 120 cm³/mol. The van der Waals surface area contributed by atoms with Crippen molar-refractivity contribution in [2.24, 2.45) is 0 Å². The summed E-state index contributed by atoms with van der Waals surface area (Å²) in [4.78, 5) is 12.5. The summed E-state index contributed by atoms with van der Waals surface area (Å²) in [6.07, 6.45) is 1.68. The number of hydrogen-bond acceptors (Lipinski definition) is 3. The van der Waals surface area contributed by atoms with E-state index in [9.17, 15) is 13.2 Å². The molecule has 3 rings (SSSR count). The second kappa shape index (κ2) is 9.59. The second-order valence-electron chi connectivity index (χ2n) is 7.35. The zero-order valence-corrected chi connectivity index (χ0v) is 18.0. The van der Waals surface area contributed by atoms with Gasteiger partial charge in [-0.1, -0.05) is 53.6 Å². The van der Waals surface area contributed by atoms with Crippen molar-refractivity contribution in [1.29, 1.82) is 0 Å². The van der Waals surface area contributed by atoms with Crippen LogP contribution in [0.1, 0.15) is 33.5 Å². The van der Waals surface area contributed by atoms with Gasteiger partial charge in [-0.15, -0.1) is 0 Å². The highest BCUT2D eigenvalue weighted by Crippen LogP contribution is 2.18. The molecule has 0 aromatic heterocycles. The molecule has 3 aromatic rings. The molecule has 0 aliphatic heterocycles. The molecule has 6 heteroatoms. The Bertz CT molecular complexity index is 1120. The second-order valence-corrected chi connectivity index (χ2v) is 9.03. The quantitative estimate of drug-likeness (QED) is 0.526. The molecule has 0 aliphatic rings. The highest BCUT2D eigenvalue weighted by Gasteiger charge is 2.16. The summed E-state index contributed by atoms with van der Waals surface area (Å²) in [5, 5.41) is 2.86. The molecule has 0 radical (unpaired) electrons. The normalized spacial score (nSPS) is 11.1. The van der Waals surface area contributed by atoms with Crippen LogP contribution in [0.15, 0.2) is 77.7 Å². The topological polar surface area (TPSA) is 75.3 Å². The van der Waals surface area contributed by atoms with Crippen molar-refractivity contribution in [2.75, 3.05) is 11.3 Å². The standard InChI is InChI=1S/C24H26N2O3S/c1-18-11-13-22(14-12-18)26-30(28,29)23-10-4-9-21(17-23)24(27)25-15-5-8-20-7-3-6-19(2)16-20/h3-4,6-7,9-14,16-17,26H,5,8,15H2,1-2H3,(H,25,27). The number of carbonyl (C=O) groups is 1. The maximum Gasteiger partial charge on any atom is 0.261 e. The summed E-state index contributed by atoms with van der Waals surface area (Å²) >= 11 is 0. The van der Waals surface area contributed by atoms with Gasteiger partial charge in [0.25, 0.3) is 15.9 Å². The van der Waals surface area contributed by atoms with E-state index in [1.165, 1.54) is 23.3 Å². The Balaban J connectivity index is 1.59. The Labute approximate surface area is 178 Å². The maximum atomic E-state index is 12.7. The van der Waals surface area contributed by atoms with Crippen molar-refractivity contribution < 1.29 is 13.2 Å². The van der Waals surface area contributed by atoms with Crippen molar-refractivity contribution in [2.45, 2.75) is 31.6 Å². The monoisotopic (exact) mass is 422 g/mol. The third kappa shape index (κ3) is 5.94. The number of hydrogen-bond donors (Lipinski definition) is 2. The van der Waals surface area contributed by atoms with Crippen molar-refractivity contribution in [1.82, 2.24) is 5.32 Å². The third-order valence-corrected chi connectivity index (χ3v) is 6.10. The summed E-state index contributed by atoms with van der Waals surface area (Å²) in [5.74, 6) is -0.286. The number of rotatable bonds is 8. The number of benzene rings is 3. The molecule has 0 unspecified atom stereocenters. The lowest BCUT2D eigenvalue weighted by Gasteiger charge is -2.10. The lowest BCUT2D eigenvalue weighted by atomic mass is 10.1. The van der Waals surface area contributed by atoms with Gasteiger partial charge < -0.3 is 5.32 Å². The van der Waals surface area contributed by atoms with Crippen LogP contribution in [0.3, 0.4) is 0 Å². The molecule has 0 aliphatic carbocycles. The molecule has 0 fully saturated rings. The first-order chi connectivity index (χ1) is 14.3. The highest BCUT2D eigenvalue weighted by molar-refractivity contribution is 7.92. The van der Waals surface area contributed by atoms with Crippen molar-refractivity contribution in [3.8, 4) is 0 Å².